The van der Waals surface area contributed by atoms with Gasteiger partial charge in [-0.25, -0.2) is 4.39 Å². The number of thiophene rings is 1. The highest BCUT2D eigenvalue weighted by Gasteiger charge is 2.13. The second kappa shape index (κ2) is 7.42. The van der Waals surface area contributed by atoms with Crippen molar-refractivity contribution in [3.8, 4) is 12.3 Å². The zero-order valence-electron chi connectivity index (χ0n) is 11.8. The molecular weight excluding hydrogens is 269 g/mol. The molecule has 0 spiro atoms. The average molecular weight is 289 g/mol. The molecule has 1 atom stereocenters. The minimum Gasteiger partial charge on any atom is -0.309 e. The van der Waals surface area contributed by atoms with Crippen molar-refractivity contribution in [1.82, 2.24) is 5.32 Å². The van der Waals surface area contributed by atoms with E-state index >= 15 is 0 Å². The van der Waals surface area contributed by atoms with Crippen molar-refractivity contribution in [2.24, 2.45) is 0 Å². The van der Waals surface area contributed by atoms with Gasteiger partial charge in [-0.1, -0.05) is 6.92 Å². The van der Waals surface area contributed by atoms with Crippen LogP contribution in [-0.2, 0) is 0 Å². The Morgan fingerprint density at radius 2 is 2.25 bits per heavy atom. The van der Waals surface area contributed by atoms with Crippen LogP contribution in [0.2, 0.25) is 0 Å². The number of benzene rings is 1. The van der Waals surface area contributed by atoms with Crippen molar-refractivity contribution in [3.63, 3.8) is 0 Å². The lowest BCUT2D eigenvalue weighted by molar-refractivity contribution is 0.494. The van der Waals surface area contributed by atoms with E-state index in [1.165, 1.54) is 10.9 Å². The second-order valence-corrected chi connectivity index (χ2v) is 6.05. The lowest BCUT2D eigenvalue weighted by Crippen LogP contribution is -2.21. The number of terminal acetylenes is 1. The molecule has 1 heterocycles. The number of halogens is 1. The van der Waals surface area contributed by atoms with Crippen molar-refractivity contribution in [1.29, 1.82) is 0 Å². The lowest BCUT2D eigenvalue weighted by Gasteiger charge is -2.16. The summed E-state index contributed by atoms with van der Waals surface area (Å²) in [6.45, 7) is 3.15. The molecule has 2 rings (SSSR count). The van der Waals surface area contributed by atoms with Crippen molar-refractivity contribution >= 4 is 21.4 Å². The highest BCUT2D eigenvalue weighted by molar-refractivity contribution is 7.19. The van der Waals surface area contributed by atoms with Crippen LogP contribution < -0.4 is 5.32 Å². The summed E-state index contributed by atoms with van der Waals surface area (Å²) in [5.74, 6) is 2.52. The Morgan fingerprint density at radius 1 is 1.40 bits per heavy atom. The van der Waals surface area contributed by atoms with Gasteiger partial charge in [-0.3, -0.25) is 0 Å². The number of hydrogen-bond acceptors (Lipinski definition) is 2. The van der Waals surface area contributed by atoms with Crippen LogP contribution in [0.5, 0.6) is 0 Å². The molecule has 0 aliphatic heterocycles. The summed E-state index contributed by atoms with van der Waals surface area (Å²) in [5.41, 5.74) is 0. The first kappa shape index (κ1) is 15.0. The molecule has 0 amide bonds. The maximum Gasteiger partial charge on any atom is 0.123 e. The fourth-order valence-corrected chi connectivity index (χ4v) is 3.43. The highest BCUT2D eigenvalue weighted by atomic mass is 32.1. The number of rotatable bonds is 7. The van der Waals surface area contributed by atoms with Crippen LogP contribution in [-0.4, -0.2) is 6.54 Å². The zero-order chi connectivity index (χ0) is 14.4. The molecule has 1 aromatic carbocycles. The molecule has 0 aliphatic carbocycles. The summed E-state index contributed by atoms with van der Waals surface area (Å²) in [4.78, 5) is 1.27. The van der Waals surface area contributed by atoms with Gasteiger partial charge in [-0.15, -0.1) is 23.7 Å². The van der Waals surface area contributed by atoms with Crippen LogP contribution in [0.4, 0.5) is 4.39 Å². The van der Waals surface area contributed by atoms with Crippen LogP contribution >= 0.6 is 11.3 Å². The number of unbranched alkanes of at least 4 members (excludes halogenated alkanes) is 1. The molecule has 2 aromatic rings. The minimum absolute atomic E-state index is 0.174. The van der Waals surface area contributed by atoms with Gasteiger partial charge in [0.15, 0.2) is 0 Å². The van der Waals surface area contributed by atoms with Gasteiger partial charge in [0.2, 0.25) is 0 Å². The van der Waals surface area contributed by atoms with Gasteiger partial charge in [0.1, 0.15) is 5.82 Å². The fraction of sp³-hybridized carbons (Fsp3) is 0.412. The number of fused-ring (bicyclic) bond motifs is 1. The van der Waals surface area contributed by atoms with E-state index in [-0.39, 0.29) is 5.82 Å². The Morgan fingerprint density at radius 3 is 3.00 bits per heavy atom. The van der Waals surface area contributed by atoms with Gasteiger partial charge in [0, 0.05) is 22.0 Å². The summed E-state index contributed by atoms with van der Waals surface area (Å²) in [6, 6.07) is 7.41. The Labute approximate surface area is 124 Å². The van der Waals surface area contributed by atoms with Crippen molar-refractivity contribution in [3.05, 3.63) is 35.0 Å². The van der Waals surface area contributed by atoms with Gasteiger partial charge in [-0.2, -0.15) is 0 Å². The molecule has 0 saturated heterocycles. The monoisotopic (exact) mass is 289 g/mol. The standard InChI is InChI=1S/C17H20FNS/c1-3-5-6-7-15(19-10-4-2)17-12-13-11-14(18)8-9-16(13)20-17/h1,8-9,11-12,15,19H,4-7,10H2,2H3. The molecule has 1 N–H and O–H groups in total. The third-order valence-electron chi connectivity index (χ3n) is 3.30. The van der Waals surface area contributed by atoms with Gasteiger partial charge < -0.3 is 5.32 Å². The third kappa shape index (κ3) is 3.82. The van der Waals surface area contributed by atoms with Crippen molar-refractivity contribution in [2.75, 3.05) is 6.54 Å². The summed E-state index contributed by atoms with van der Waals surface area (Å²) < 4.78 is 14.4. The first-order valence-corrected chi connectivity index (χ1v) is 7.92. The predicted octanol–water partition coefficient (Wildman–Crippen LogP) is 4.88. The van der Waals surface area contributed by atoms with Gasteiger partial charge in [0.05, 0.1) is 0 Å². The first-order valence-electron chi connectivity index (χ1n) is 7.10. The van der Waals surface area contributed by atoms with E-state index in [0.717, 1.165) is 42.3 Å². The zero-order valence-corrected chi connectivity index (χ0v) is 12.6. The first-order chi connectivity index (χ1) is 9.74. The Bertz CT molecular complexity index is 597. The smallest absolute Gasteiger partial charge is 0.123 e. The van der Waals surface area contributed by atoms with E-state index in [2.05, 4.69) is 24.2 Å². The molecular formula is C17H20FNS. The Hall–Kier alpha value is -1.37. The normalized spacial score (nSPS) is 12.4. The second-order valence-electron chi connectivity index (χ2n) is 4.93. The number of nitrogens with one attached hydrogen (secondary N) is 1. The largest absolute Gasteiger partial charge is 0.309 e. The van der Waals surface area contributed by atoms with E-state index in [1.54, 1.807) is 17.4 Å². The molecule has 1 unspecified atom stereocenters. The molecule has 3 heteroatoms. The Balaban J connectivity index is 2.18. The third-order valence-corrected chi connectivity index (χ3v) is 4.53. The van der Waals surface area contributed by atoms with E-state index in [4.69, 9.17) is 6.42 Å². The maximum absolute atomic E-state index is 13.3. The van der Waals surface area contributed by atoms with Crippen molar-refractivity contribution in [2.45, 2.75) is 38.6 Å². The van der Waals surface area contributed by atoms with Crippen LogP contribution in [0.25, 0.3) is 10.1 Å². The SMILES string of the molecule is C#CCCCC(NCCC)c1cc2cc(F)ccc2s1. The summed E-state index contributed by atoms with van der Waals surface area (Å²) in [6.07, 6.45) is 9.28. The van der Waals surface area contributed by atoms with Crippen LogP contribution in [0.3, 0.4) is 0 Å². The molecule has 0 fully saturated rings. The van der Waals surface area contributed by atoms with E-state index < -0.39 is 0 Å². The van der Waals surface area contributed by atoms with E-state index in [0.29, 0.717) is 6.04 Å². The summed E-state index contributed by atoms with van der Waals surface area (Å²) >= 11 is 1.74. The molecule has 1 aromatic heterocycles. The van der Waals surface area contributed by atoms with Gasteiger partial charge in [0.25, 0.3) is 0 Å². The predicted molar refractivity (Wildman–Crippen MR) is 85.5 cm³/mol. The van der Waals surface area contributed by atoms with Gasteiger partial charge >= 0.3 is 0 Å². The molecule has 0 saturated carbocycles. The average Bonchev–Trinajstić information content (AvgIpc) is 2.85. The van der Waals surface area contributed by atoms with E-state index in [1.807, 2.05) is 6.07 Å². The van der Waals surface area contributed by atoms with Crippen molar-refractivity contribution < 1.29 is 4.39 Å². The summed E-state index contributed by atoms with van der Waals surface area (Å²) in [5, 5.41) is 4.56. The van der Waals surface area contributed by atoms with Crippen LogP contribution in [0, 0.1) is 18.2 Å². The molecule has 106 valence electrons. The van der Waals surface area contributed by atoms with E-state index in [9.17, 15) is 4.39 Å². The lowest BCUT2D eigenvalue weighted by atomic mass is 10.1. The van der Waals surface area contributed by atoms with Gasteiger partial charge in [-0.05, 0) is 55.5 Å². The van der Waals surface area contributed by atoms with Crippen LogP contribution in [0.1, 0.15) is 43.5 Å². The maximum atomic E-state index is 13.3. The van der Waals surface area contributed by atoms with Crippen LogP contribution in [0.15, 0.2) is 24.3 Å². The fourth-order valence-electron chi connectivity index (χ4n) is 2.28. The molecule has 0 radical (unpaired) electrons. The quantitative estimate of drug-likeness (QED) is 0.565. The molecule has 0 bridgehead atoms. The summed E-state index contributed by atoms with van der Waals surface area (Å²) in [7, 11) is 0. The molecule has 0 aliphatic rings. The topological polar surface area (TPSA) is 12.0 Å². The Kier molecular flexibility index (Phi) is 5.58. The molecule has 1 nitrogen and oxygen atoms in total. The highest BCUT2D eigenvalue weighted by Crippen LogP contribution is 2.32. The number of hydrogen-bond donors (Lipinski definition) is 1. The molecule has 20 heavy (non-hydrogen) atoms. The minimum atomic E-state index is -0.174.